The van der Waals surface area contributed by atoms with Gasteiger partial charge in [-0.15, -0.1) is 0 Å². The molecule has 0 aliphatic rings. The van der Waals surface area contributed by atoms with Crippen LogP contribution in [-0.4, -0.2) is 43.1 Å². The molecule has 672 valence electrons. The zero-order valence-corrected chi connectivity index (χ0v) is 77.4. The van der Waals surface area contributed by atoms with Gasteiger partial charge in [0.05, 0.1) is 43.1 Å². The van der Waals surface area contributed by atoms with Crippen LogP contribution in [0.1, 0.15) is 33.4 Å². The smallest absolute Gasteiger partial charge is 0.0785 e. The maximum atomic E-state index is 9.50. The number of para-hydroxylation sites is 14. The third kappa shape index (κ3) is 32.0. The van der Waals surface area contributed by atoms with Crippen LogP contribution in [0.25, 0.3) is 0 Å². The topological polar surface area (TPSA) is 19.4 Å². The molecule has 0 amide bonds. The van der Waals surface area contributed by atoms with Crippen molar-refractivity contribution in [3.8, 4) is 0 Å². The van der Waals surface area contributed by atoms with Gasteiger partial charge in [0.25, 0.3) is 0 Å². The minimum atomic E-state index is 0.500. The molecule has 0 unspecified atom stereocenters. The SMILES string of the molecule is CF.CF.CF.CF.CF.CF.Cc1ccc(N(c2ccccc2)c2ccccc2)cc1.Cc1ccc(N(c2ccccc2)c2ccccc2)cc1.Cc1cccc(N(c2ccccc2)c2ccccc2)c1.Cc1cccc(N(c2ccccc2)c2ccccc2)c1.Cc1ccccc1N(c1ccccc1)c1ccccc1.Cc1ccccc1N(c1ccccc1)c1ccccc1. The predicted molar refractivity (Wildman–Crippen MR) is 557 cm³/mol. The molecule has 132 heavy (non-hydrogen) atoms. The first-order valence-electron chi connectivity index (χ1n) is 43.2. The molecular weight excluding hydrogens is 1640 g/mol. The highest BCUT2D eigenvalue weighted by Crippen LogP contribution is 2.42. The monoisotopic (exact) mass is 1760 g/mol. The van der Waals surface area contributed by atoms with Gasteiger partial charge < -0.3 is 29.4 Å². The summed E-state index contributed by atoms with van der Waals surface area (Å²) in [7, 11) is 3.00. The highest BCUT2D eigenvalue weighted by atomic mass is 19.1. The molecule has 18 rings (SSSR count). The summed E-state index contributed by atoms with van der Waals surface area (Å²) in [5.41, 5.74) is 28.8. The molecule has 0 aliphatic carbocycles. The first-order valence-corrected chi connectivity index (χ1v) is 43.2. The summed E-state index contributed by atoms with van der Waals surface area (Å²) in [6.45, 7) is 12.8. The third-order valence-corrected chi connectivity index (χ3v) is 20.0. The van der Waals surface area contributed by atoms with Crippen LogP contribution >= 0.6 is 0 Å². The number of aryl methyl sites for hydroxylation is 6. The molecule has 0 heterocycles. The number of nitrogens with zero attached hydrogens (tertiary/aromatic N) is 6. The van der Waals surface area contributed by atoms with Gasteiger partial charge in [-0.3, -0.25) is 26.3 Å². The molecule has 0 fully saturated rings. The fourth-order valence-electron chi connectivity index (χ4n) is 14.1. The number of rotatable bonds is 18. The summed E-state index contributed by atoms with van der Waals surface area (Å²) in [6.07, 6.45) is 0. The third-order valence-electron chi connectivity index (χ3n) is 20.0. The number of alkyl halides is 6. The molecule has 6 nitrogen and oxygen atoms in total. The van der Waals surface area contributed by atoms with Gasteiger partial charge in [0.1, 0.15) is 0 Å². The van der Waals surface area contributed by atoms with Crippen LogP contribution in [-0.2, 0) is 0 Å². The minimum absolute atomic E-state index is 0.500. The van der Waals surface area contributed by atoms with E-state index < -0.39 is 0 Å². The van der Waals surface area contributed by atoms with E-state index in [0.717, 1.165) is 0 Å². The highest BCUT2D eigenvalue weighted by Gasteiger charge is 2.19. The van der Waals surface area contributed by atoms with Gasteiger partial charge in [0.15, 0.2) is 0 Å². The Balaban J connectivity index is 0.000000211. The Morgan fingerprint density at radius 2 is 0.250 bits per heavy atom. The molecule has 0 atom stereocenters. The lowest BCUT2D eigenvalue weighted by Crippen LogP contribution is -2.10. The highest BCUT2D eigenvalue weighted by molar-refractivity contribution is 5.83. The Morgan fingerprint density at radius 3 is 0.417 bits per heavy atom. The summed E-state index contributed by atoms with van der Waals surface area (Å²) in [6, 6.07) is 177. The van der Waals surface area contributed by atoms with Gasteiger partial charge in [0.2, 0.25) is 0 Å². The lowest BCUT2D eigenvalue weighted by atomic mass is 10.1. The average Bonchev–Trinajstić information content (AvgIpc) is 0.810. The number of halogens is 6. The second kappa shape index (κ2) is 60.1. The standard InChI is InChI=1S/6C19H17N.6CH3F/c2*1-16-10-8-9-15-19(16)20(17-11-4-2-5-12-17)18-13-6-3-7-14-18;2*1-16-9-8-14-19(15-16)20(17-10-4-2-5-11-17)18-12-6-3-7-13-18;2*1-16-12-14-19(15-13-16)20(17-8-4-2-5-9-17)18-10-6-3-7-11-18;6*1-2/h6*2-15H,1H3;6*1H3. The molecule has 0 radical (unpaired) electrons. The second-order valence-electron chi connectivity index (χ2n) is 29.0. The molecule has 0 aromatic heterocycles. The quantitative estimate of drug-likeness (QED) is 0.0792. The largest absolute Gasteiger partial charge is 0.311 e. The lowest BCUT2D eigenvalue weighted by Gasteiger charge is -2.26. The first-order chi connectivity index (χ1) is 65.1. The molecule has 0 aliphatic heterocycles. The Hall–Kier alpha value is -15.7. The summed E-state index contributed by atoms with van der Waals surface area (Å²) in [4.78, 5) is 13.6. The van der Waals surface area contributed by atoms with Crippen molar-refractivity contribution in [1.29, 1.82) is 0 Å². The molecule has 18 aromatic carbocycles. The molecule has 0 saturated heterocycles. The Bertz CT molecular complexity index is 5370. The molecule has 0 N–H and O–H groups in total. The normalized spacial score (nSPS) is 9.59. The van der Waals surface area contributed by atoms with Crippen molar-refractivity contribution in [3.05, 3.63) is 543 Å². The van der Waals surface area contributed by atoms with Crippen molar-refractivity contribution >= 4 is 102 Å². The van der Waals surface area contributed by atoms with Gasteiger partial charge in [-0.25, -0.2) is 0 Å². The Labute approximate surface area is 780 Å². The summed E-state index contributed by atoms with van der Waals surface area (Å²) in [5.74, 6) is 0. The Kier molecular flexibility index (Phi) is 47.1. The van der Waals surface area contributed by atoms with Crippen LogP contribution in [0, 0.1) is 41.5 Å². The van der Waals surface area contributed by atoms with Crippen molar-refractivity contribution in [2.45, 2.75) is 41.5 Å². The van der Waals surface area contributed by atoms with Crippen LogP contribution in [0.5, 0.6) is 0 Å². The van der Waals surface area contributed by atoms with E-state index in [0.29, 0.717) is 43.1 Å². The zero-order valence-electron chi connectivity index (χ0n) is 77.4. The van der Waals surface area contributed by atoms with Crippen LogP contribution < -0.4 is 29.4 Å². The second-order valence-corrected chi connectivity index (χ2v) is 29.0. The van der Waals surface area contributed by atoms with Gasteiger partial charge in [-0.2, -0.15) is 0 Å². The average molecular weight is 1760 g/mol. The van der Waals surface area contributed by atoms with Gasteiger partial charge in [-0.1, -0.05) is 314 Å². The van der Waals surface area contributed by atoms with Gasteiger partial charge in [0, 0.05) is 102 Å². The molecule has 12 heteroatoms. The lowest BCUT2D eigenvalue weighted by molar-refractivity contribution is 0.635. The van der Waals surface area contributed by atoms with E-state index in [1.807, 2.05) is 72.8 Å². The summed E-state index contributed by atoms with van der Waals surface area (Å²) >= 11 is 0. The van der Waals surface area contributed by atoms with Crippen LogP contribution in [0.15, 0.2) is 510 Å². The zero-order chi connectivity index (χ0) is 94.7. The summed E-state index contributed by atoms with van der Waals surface area (Å²) < 4.78 is 57.0. The maximum Gasteiger partial charge on any atom is 0.0785 e. The minimum Gasteiger partial charge on any atom is -0.311 e. The van der Waals surface area contributed by atoms with E-state index in [9.17, 15) is 26.3 Å². The van der Waals surface area contributed by atoms with Gasteiger partial charge >= 0.3 is 0 Å². The Morgan fingerprint density at radius 1 is 0.114 bits per heavy atom. The maximum absolute atomic E-state index is 9.50. The van der Waals surface area contributed by atoms with E-state index in [4.69, 9.17) is 0 Å². The first kappa shape index (κ1) is 103. The molecule has 0 spiro atoms. The van der Waals surface area contributed by atoms with Crippen molar-refractivity contribution in [2.24, 2.45) is 0 Å². The van der Waals surface area contributed by atoms with Crippen molar-refractivity contribution in [3.63, 3.8) is 0 Å². The molecular formula is C120H120F6N6. The van der Waals surface area contributed by atoms with Crippen molar-refractivity contribution in [1.82, 2.24) is 0 Å². The van der Waals surface area contributed by atoms with E-state index in [1.54, 1.807) is 0 Å². The fraction of sp³-hybridized carbons (Fsp3) is 0.100. The van der Waals surface area contributed by atoms with Crippen molar-refractivity contribution < 1.29 is 26.3 Å². The van der Waals surface area contributed by atoms with E-state index in [1.165, 1.54) is 136 Å². The number of benzene rings is 18. The van der Waals surface area contributed by atoms with Crippen LogP contribution in [0.3, 0.4) is 0 Å². The molecule has 0 bridgehead atoms. The van der Waals surface area contributed by atoms with Gasteiger partial charge in [-0.05, 0) is 270 Å². The fourth-order valence-corrected chi connectivity index (χ4v) is 14.1. The summed E-state index contributed by atoms with van der Waals surface area (Å²) in [5, 5.41) is 0. The van der Waals surface area contributed by atoms with Crippen LogP contribution in [0.4, 0.5) is 129 Å². The molecule has 0 saturated carbocycles. The van der Waals surface area contributed by atoms with Crippen molar-refractivity contribution in [2.75, 3.05) is 72.5 Å². The van der Waals surface area contributed by atoms with E-state index in [2.05, 4.69) is 508 Å². The number of hydrogen-bond donors (Lipinski definition) is 0. The van der Waals surface area contributed by atoms with Crippen LogP contribution in [0.2, 0.25) is 0 Å². The van der Waals surface area contributed by atoms with E-state index in [-0.39, 0.29) is 0 Å². The number of hydrogen-bond acceptors (Lipinski definition) is 6. The predicted octanol–water partition coefficient (Wildman–Crippen LogP) is 36.3. The number of anilines is 18. The van der Waals surface area contributed by atoms with E-state index >= 15 is 0 Å². The molecule has 18 aromatic rings.